The number of aliphatic hydroxyl groups is 1. The quantitative estimate of drug-likeness (QED) is 0.856. The van der Waals surface area contributed by atoms with E-state index in [1.807, 2.05) is 45.0 Å². The maximum atomic E-state index is 11.9. The summed E-state index contributed by atoms with van der Waals surface area (Å²) in [7, 11) is 0. The van der Waals surface area contributed by atoms with Crippen molar-refractivity contribution in [1.82, 2.24) is 5.32 Å². The van der Waals surface area contributed by atoms with Gasteiger partial charge in [0.2, 0.25) is 0 Å². The molecule has 0 aromatic heterocycles. The SMILES string of the molecule is CC(C)(C)OC(=O)NCc1cccc(-c2cc(CO)cc3c2CC=C3)c1. The number of carbonyl (C=O) groups excluding carboxylic acids is 1. The number of aliphatic hydroxyl groups excluding tert-OH is 1. The van der Waals surface area contributed by atoms with E-state index in [-0.39, 0.29) is 6.61 Å². The molecule has 2 aromatic carbocycles. The van der Waals surface area contributed by atoms with Gasteiger partial charge in [0.25, 0.3) is 0 Å². The Labute approximate surface area is 154 Å². The van der Waals surface area contributed by atoms with Gasteiger partial charge in [-0.3, -0.25) is 0 Å². The van der Waals surface area contributed by atoms with E-state index in [4.69, 9.17) is 4.74 Å². The van der Waals surface area contributed by atoms with Crippen molar-refractivity contribution < 1.29 is 14.6 Å². The van der Waals surface area contributed by atoms with Crippen molar-refractivity contribution in [1.29, 1.82) is 0 Å². The van der Waals surface area contributed by atoms with Gasteiger partial charge in [-0.15, -0.1) is 0 Å². The van der Waals surface area contributed by atoms with Crippen LogP contribution in [0.2, 0.25) is 0 Å². The van der Waals surface area contributed by atoms with E-state index in [1.165, 1.54) is 11.1 Å². The highest BCUT2D eigenvalue weighted by atomic mass is 16.6. The monoisotopic (exact) mass is 351 g/mol. The average molecular weight is 351 g/mol. The van der Waals surface area contributed by atoms with Crippen LogP contribution in [0.4, 0.5) is 4.79 Å². The number of hydrogen-bond acceptors (Lipinski definition) is 3. The summed E-state index contributed by atoms with van der Waals surface area (Å²) >= 11 is 0. The third-order valence-corrected chi connectivity index (χ3v) is 4.22. The molecule has 0 fully saturated rings. The van der Waals surface area contributed by atoms with Crippen LogP contribution >= 0.6 is 0 Å². The first-order chi connectivity index (χ1) is 12.4. The lowest BCUT2D eigenvalue weighted by Gasteiger charge is -2.19. The fourth-order valence-corrected chi connectivity index (χ4v) is 3.12. The summed E-state index contributed by atoms with van der Waals surface area (Å²) in [6.45, 7) is 5.96. The maximum absolute atomic E-state index is 11.9. The summed E-state index contributed by atoms with van der Waals surface area (Å²) in [5.74, 6) is 0. The van der Waals surface area contributed by atoms with Crippen LogP contribution in [-0.2, 0) is 24.3 Å². The molecule has 0 heterocycles. The number of rotatable bonds is 4. The van der Waals surface area contributed by atoms with E-state index in [0.717, 1.165) is 28.7 Å². The summed E-state index contributed by atoms with van der Waals surface area (Å²) in [6.07, 6.45) is 4.72. The highest BCUT2D eigenvalue weighted by Gasteiger charge is 2.16. The molecule has 1 aliphatic carbocycles. The minimum absolute atomic E-state index is 0.0218. The molecule has 3 rings (SSSR count). The first kappa shape index (κ1) is 18.2. The minimum Gasteiger partial charge on any atom is -0.444 e. The smallest absolute Gasteiger partial charge is 0.407 e. The summed E-state index contributed by atoms with van der Waals surface area (Å²) in [6, 6.07) is 12.2. The second-order valence-electron chi connectivity index (χ2n) is 7.53. The molecule has 4 heteroatoms. The second-order valence-corrected chi connectivity index (χ2v) is 7.53. The van der Waals surface area contributed by atoms with E-state index in [0.29, 0.717) is 6.54 Å². The third-order valence-electron chi connectivity index (χ3n) is 4.22. The highest BCUT2D eigenvalue weighted by Crippen LogP contribution is 2.33. The van der Waals surface area contributed by atoms with E-state index in [9.17, 15) is 9.90 Å². The molecule has 4 nitrogen and oxygen atoms in total. The van der Waals surface area contributed by atoms with Crippen LogP contribution < -0.4 is 5.32 Å². The zero-order valence-electron chi connectivity index (χ0n) is 15.5. The van der Waals surface area contributed by atoms with Crippen LogP contribution in [0.15, 0.2) is 42.5 Å². The number of benzene rings is 2. The van der Waals surface area contributed by atoms with E-state index in [1.54, 1.807) is 0 Å². The minimum atomic E-state index is -0.510. The molecule has 2 N–H and O–H groups in total. The number of carbonyl (C=O) groups is 1. The van der Waals surface area contributed by atoms with Gasteiger partial charge in [0.1, 0.15) is 5.60 Å². The van der Waals surface area contributed by atoms with Gasteiger partial charge in [-0.2, -0.15) is 0 Å². The first-order valence-corrected chi connectivity index (χ1v) is 8.85. The molecule has 0 saturated carbocycles. The van der Waals surface area contributed by atoms with Crippen LogP contribution in [0, 0.1) is 0 Å². The van der Waals surface area contributed by atoms with Gasteiger partial charge in [-0.25, -0.2) is 4.79 Å². The van der Waals surface area contributed by atoms with Gasteiger partial charge in [0.15, 0.2) is 0 Å². The Balaban J connectivity index is 1.81. The Bertz CT molecular complexity index is 847. The lowest BCUT2D eigenvalue weighted by atomic mass is 9.93. The summed E-state index contributed by atoms with van der Waals surface area (Å²) in [5.41, 5.74) is 6.07. The van der Waals surface area contributed by atoms with Crippen molar-refractivity contribution in [3.63, 3.8) is 0 Å². The van der Waals surface area contributed by atoms with E-state index in [2.05, 4.69) is 29.6 Å². The van der Waals surface area contributed by atoms with E-state index < -0.39 is 11.7 Å². The van der Waals surface area contributed by atoms with Crippen LogP contribution in [0.25, 0.3) is 17.2 Å². The fourth-order valence-electron chi connectivity index (χ4n) is 3.12. The molecule has 26 heavy (non-hydrogen) atoms. The van der Waals surface area contributed by atoms with Gasteiger partial charge >= 0.3 is 6.09 Å². The average Bonchev–Trinajstić information content (AvgIpc) is 3.06. The largest absolute Gasteiger partial charge is 0.444 e. The first-order valence-electron chi connectivity index (χ1n) is 8.85. The molecule has 2 aromatic rings. The molecule has 0 spiro atoms. The number of nitrogens with one attached hydrogen (secondary N) is 1. The molecule has 0 unspecified atom stereocenters. The number of hydrogen-bond donors (Lipinski definition) is 2. The Morgan fingerprint density at radius 2 is 2.00 bits per heavy atom. The van der Waals surface area contributed by atoms with Crippen molar-refractivity contribution in [3.05, 3.63) is 64.7 Å². The third kappa shape index (κ3) is 4.33. The Hall–Kier alpha value is -2.59. The predicted octanol–water partition coefficient (Wildman–Crippen LogP) is 4.44. The molecule has 0 aliphatic heterocycles. The number of amides is 1. The van der Waals surface area contributed by atoms with Crippen LogP contribution in [0.3, 0.4) is 0 Å². The van der Waals surface area contributed by atoms with Gasteiger partial charge in [0, 0.05) is 6.54 Å². The molecule has 0 atom stereocenters. The molecule has 0 bridgehead atoms. The standard InChI is InChI=1S/C22H25NO3/c1-22(2,3)26-21(25)23-13-15-6-4-7-18(10-15)20-12-16(14-24)11-17-8-5-9-19(17)20/h4-8,10-12,24H,9,13-14H2,1-3H3,(H,23,25). The molecular weight excluding hydrogens is 326 g/mol. The predicted molar refractivity (Wildman–Crippen MR) is 104 cm³/mol. The van der Waals surface area contributed by atoms with Crippen LogP contribution in [0.5, 0.6) is 0 Å². The normalized spacial score (nSPS) is 12.8. The highest BCUT2D eigenvalue weighted by molar-refractivity contribution is 5.77. The van der Waals surface area contributed by atoms with Crippen LogP contribution in [-0.4, -0.2) is 16.8 Å². The Morgan fingerprint density at radius 1 is 1.19 bits per heavy atom. The van der Waals surface area contributed by atoms with Gasteiger partial charge < -0.3 is 15.2 Å². The number of alkyl carbamates (subject to hydrolysis) is 1. The number of allylic oxidation sites excluding steroid dienone is 1. The molecule has 0 saturated heterocycles. The lowest BCUT2D eigenvalue weighted by Crippen LogP contribution is -2.32. The lowest BCUT2D eigenvalue weighted by molar-refractivity contribution is 0.0523. The molecule has 0 radical (unpaired) electrons. The summed E-state index contributed by atoms with van der Waals surface area (Å²) in [5, 5.41) is 12.3. The molecule has 136 valence electrons. The Kier molecular flexibility index (Phi) is 5.14. The fraction of sp³-hybridized carbons (Fsp3) is 0.318. The van der Waals surface area contributed by atoms with Crippen molar-refractivity contribution >= 4 is 12.2 Å². The van der Waals surface area contributed by atoms with Crippen molar-refractivity contribution in [2.75, 3.05) is 0 Å². The summed E-state index contributed by atoms with van der Waals surface area (Å²) < 4.78 is 5.28. The zero-order valence-corrected chi connectivity index (χ0v) is 15.5. The van der Waals surface area contributed by atoms with Gasteiger partial charge in [-0.1, -0.05) is 30.4 Å². The van der Waals surface area contributed by atoms with Crippen molar-refractivity contribution in [2.24, 2.45) is 0 Å². The van der Waals surface area contributed by atoms with Crippen LogP contribution in [0.1, 0.15) is 43.0 Å². The Morgan fingerprint density at radius 3 is 2.73 bits per heavy atom. The van der Waals surface area contributed by atoms with E-state index >= 15 is 0 Å². The molecule has 1 aliphatic rings. The number of fused-ring (bicyclic) bond motifs is 1. The van der Waals surface area contributed by atoms with Crippen molar-refractivity contribution in [3.8, 4) is 11.1 Å². The second kappa shape index (κ2) is 7.34. The van der Waals surface area contributed by atoms with Crippen molar-refractivity contribution in [2.45, 2.75) is 45.9 Å². The van der Waals surface area contributed by atoms with Gasteiger partial charge in [0.05, 0.1) is 6.61 Å². The zero-order chi connectivity index (χ0) is 18.7. The number of ether oxygens (including phenoxy) is 1. The molecular formula is C22H25NO3. The maximum Gasteiger partial charge on any atom is 0.407 e. The summed E-state index contributed by atoms with van der Waals surface area (Å²) in [4.78, 5) is 11.9. The van der Waals surface area contributed by atoms with Gasteiger partial charge in [-0.05, 0) is 78.8 Å². The topological polar surface area (TPSA) is 58.6 Å². The molecule has 1 amide bonds.